The van der Waals surface area contributed by atoms with E-state index < -0.39 is 0 Å². The molecule has 0 aliphatic heterocycles. The van der Waals surface area contributed by atoms with Crippen molar-refractivity contribution in [3.05, 3.63) is 0 Å². The fourth-order valence-corrected chi connectivity index (χ4v) is 0.948. The molecule has 0 aromatic rings. The van der Waals surface area contributed by atoms with Crippen LogP contribution in [0.1, 0.15) is 34.1 Å². The van der Waals surface area contributed by atoms with Crippen molar-refractivity contribution in [3.8, 4) is 0 Å². The van der Waals surface area contributed by atoms with Crippen LogP contribution < -0.4 is 5.32 Å². The molecule has 0 saturated heterocycles. The van der Waals surface area contributed by atoms with E-state index in [0.717, 1.165) is 13.0 Å². The van der Waals surface area contributed by atoms with Crippen molar-refractivity contribution in [3.63, 3.8) is 0 Å². The SMILES string of the molecule is COC(C)(C)C(C)(C)NCCCO. The van der Waals surface area contributed by atoms with Gasteiger partial charge in [-0.15, -0.1) is 0 Å². The molecular formula is C10H23NO2. The smallest absolute Gasteiger partial charge is 0.0797 e. The van der Waals surface area contributed by atoms with Gasteiger partial charge in [0.1, 0.15) is 0 Å². The Kier molecular flexibility index (Phi) is 4.89. The number of hydrogen-bond donors (Lipinski definition) is 2. The first-order chi connectivity index (χ1) is 5.87. The highest BCUT2D eigenvalue weighted by Gasteiger charge is 2.36. The van der Waals surface area contributed by atoms with Crippen LogP contribution in [0.2, 0.25) is 0 Å². The van der Waals surface area contributed by atoms with Crippen molar-refractivity contribution in [2.24, 2.45) is 0 Å². The zero-order chi connectivity index (χ0) is 10.5. The van der Waals surface area contributed by atoms with Crippen LogP contribution in [-0.2, 0) is 4.74 Å². The van der Waals surface area contributed by atoms with E-state index in [2.05, 4.69) is 33.0 Å². The van der Waals surface area contributed by atoms with Gasteiger partial charge in [-0.2, -0.15) is 0 Å². The predicted molar refractivity (Wildman–Crippen MR) is 54.9 cm³/mol. The van der Waals surface area contributed by atoms with Crippen LogP contribution in [-0.4, -0.2) is 36.5 Å². The lowest BCUT2D eigenvalue weighted by Crippen LogP contribution is -2.57. The molecule has 0 fully saturated rings. The molecule has 0 saturated carbocycles. The van der Waals surface area contributed by atoms with Crippen molar-refractivity contribution in [1.29, 1.82) is 0 Å². The van der Waals surface area contributed by atoms with Crippen molar-refractivity contribution in [1.82, 2.24) is 5.32 Å². The van der Waals surface area contributed by atoms with Crippen molar-refractivity contribution >= 4 is 0 Å². The van der Waals surface area contributed by atoms with E-state index in [9.17, 15) is 0 Å². The zero-order valence-electron chi connectivity index (χ0n) is 9.48. The maximum atomic E-state index is 8.65. The normalized spacial score (nSPS) is 13.4. The molecule has 0 rings (SSSR count). The summed E-state index contributed by atoms with van der Waals surface area (Å²) in [7, 11) is 1.72. The van der Waals surface area contributed by atoms with E-state index in [-0.39, 0.29) is 17.7 Å². The number of aliphatic hydroxyl groups excluding tert-OH is 1. The minimum Gasteiger partial charge on any atom is -0.396 e. The third-order valence-electron chi connectivity index (χ3n) is 2.92. The molecule has 3 heteroatoms. The van der Waals surface area contributed by atoms with E-state index in [1.165, 1.54) is 0 Å². The molecule has 0 radical (unpaired) electrons. The molecule has 0 aromatic carbocycles. The lowest BCUT2D eigenvalue weighted by atomic mass is 9.85. The zero-order valence-corrected chi connectivity index (χ0v) is 9.48. The molecule has 2 N–H and O–H groups in total. The summed E-state index contributed by atoms with van der Waals surface area (Å²) in [6.07, 6.45) is 0.781. The van der Waals surface area contributed by atoms with Gasteiger partial charge in [-0.1, -0.05) is 0 Å². The van der Waals surface area contributed by atoms with Crippen molar-refractivity contribution in [2.45, 2.75) is 45.3 Å². The van der Waals surface area contributed by atoms with Gasteiger partial charge in [-0.3, -0.25) is 0 Å². The fourth-order valence-electron chi connectivity index (χ4n) is 0.948. The van der Waals surface area contributed by atoms with Crippen LogP contribution in [0.15, 0.2) is 0 Å². The highest BCUT2D eigenvalue weighted by Crippen LogP contribution is 2.24. The van der Waals surface area contributed by atoms with Crippen LogP contribution in [0.25, 0.3) is 0 Å². The molecule has 13 heavy (non-hydrogen) atoms. The average molecular weight is 189 g/mol. The topological polar surface area (TPSA) is 41.5 Å². The minimum atomic E-state index is -0.206. The number of methoxy groups -OCH3 is 1. The van der Waals surface area contributed by atoms with E-state index in [1.54, 1.807) is 7.11 Å². The van der Waals surface area contributed by atoms with Crippen molar-refractivity contribution in [2.75, 3.05) is 20.3 Å². The molecule has 0 unspecified atom stereocenters. The molecular weight excluding hydrogens is 166 g/mol. The summed E-state index contributed by atoms with van der Waals surface area (Å²) in [6.45, 7) is 9.37. The Balaban J connectivity index is 4.06. The summed E-state index contributed by atoms with van der Waals surface area (Å²) in [5, 5.41) is 12.0. The third kappa shape index (κ3) is 3.63. The molecule has 0 heterocycles. The monoisotopic (exact) mass is 189 g/mol. The molecule has 0 amide bonds. The quantitative estimate of drug-likeness (QED) is 0.616. The second kappa shape index (κ2) is 4.94. The molecule has 0 aliphatic rings. The van der Waals surface area contributed by atoms with Gasteiger partial charge in [0.25, 0.3) is 0 Å². The van der Waals surface area contributed by atoms with Crippen LogP contribution in [0.3, 0.4) is 0 Å². The van der Waals surface area contributed by atoms with Gasteiger partial charge in [0.15, 0.2) is 0 Å². The van der Waals surface area contributed by atoms with Gasteiger partial charge < -0.3 is 15.2 Å². The molecule has 0 aliphatic carbocycles. The van der Waals surface area contributed by atoms with Gasteiger partial charge in [-0.25, -0.2) is 0 Å². The largest absolute Gasteiger partial charge is 0.396 e. The molecule has 0 atom stereocenters. The standard InChI is InChI=1S/C10H23NO2/c1-9(2,10(3,4)13-5)11-7-6-8-12/h11-12H,6-8H2,1-5H3. The number of aliphatic hydroxyl groups is 1. The van der Waals surface area contributed by atoms with Gasteiger partial charge in [-0.05, 0) is 40.7 Å². The van der Waals surface area contributed by atoms with Gasteiger partial charge in [0.05, 0.1) is 5.60 Å². The minimum absolute atomic E-state index is 0.0864. The summed E-state index contributed by atoms with van der Waals surface area (Å²) in [5.74, 6) is 0. The van der Waals surface area contributed by atoms with Gasteiger partial charge in [0.2, 0.25) is 0 Å². The first-order valence-corrected chi connectivity index (χ1v) is 4.78. The van der Waals surface area contributed by atoms with E-state index in [1.807, 2.05) is 0 Å². The highest BCUT2D eigenvalue weighted by molar-refractivity contribution is 4.94. The van der Waals surface area contributed by atoms with Gasteiger partial charge >= 0.3 is 0 Å². The second-order valence-corrected chi connectivity index (χ2v) is 4.34. The van der Waals surface area contributed by atoms with E-state index in [4.69, 9.17) is 9.84 Å². The lowest BCUT2D eigenvalue weighted by molar-refractivity contribution is -0.0446. The van der Waals surface area contributed by atoms with Crippen LogP contribution in [0.5, 0.6) is 0 Å². The Hall–Kier alpha value is -0.120. The first kappa shape index (κ1) is 12.9. The summed E-state index contributed by atoms with van der Waals surface area (Å²) >= 11 is 0. The van der Waals surface area contributed by atoms with E-state index >= 15 is 0 Å². The third-order valence-corrected chi connectivity index (χ3v) is 2.92. The fraction of sp³-hybridized carbons (Fsp3) is 1.00. The molecule has 0 bridgehead atoms. The molecule has 3 nitrogen and oxygen atoms in total. The Bertz CT molecular complexity index is 144. The number of nitrogens with one attached hydrogen (secondary N) is 1. The molecule has 80 valence electrons. The highest BCUT2D eigenvalue weighted by atomic mass is 16.5. The maximum absolute atomic E-state index is 8.65. The van der Waals surface area contributed by atoms with Crippen LogP contribution in [0, 0.1) is 0 Å². The number of rotatable bonds is 6. The molecule has 0 spiro atoms. The average Bonchev–Trinajstić information content (AvgIpc) is 2.04. The summed E-state index contributed by atoms with van der Waals surface area (Å²) in [4.78, 5) is 0. The Labute approximate surface area is 81.5 Å². The van der Waals surface area contributed by atoms with Gasteiger partial charge in [0, 0.05) is 19.3 Å². The first-order valence-electron chi connectivity index (χ1n) is 4.78. The predicted octanol–water partition coefficient (Wildman–Crippen LogP) is 1.16. The number of hydrogen-bond acceptors (Lipinski definition) is 3. The van der Waals surface area contributed by atoms with Crippen LogP contribution in [0.4, 0.5) is 0 Å². The summed E-state index contributed by atoms with van der Waals surface area (Å²) < 4.78 is 5.41. The molecule has 0 aromatic heterocycles. The second-order valence-electron chi connectivity index (χ2n) is 4.34. The number of ether oxygens (including phenoxy) is 1. The maximum Gasteiger partial charge on any atom is 0.0797 e. The summed E-state index contributed by atoms with van der Waals surface area (Å²) in [5.41, 5.74) is -0.292. The van der Waals surface area contributed by atoms with Crippen LogP contribution >= 0.6 is 0 Å². The lowest BCUT2D eigenvalue weighted by Gasteiger charge is -2.41. The van der Waals surface area contributed by atoms with Crippen molar-refractivity contribution < 1.29 is 9.84 Å². The van der Waals surface area contributed by atoms with E-state index in [0.29, 0.717) is 0 Å². The Morgan fingerprint density at radius 2 is 1.77 bits per heavy atom. The Morgan fingerprint density at radius 1 is 1.23 bits per heavy atom. The Morgan fingerprint density at radius 3 is 2.15 bits per heavy atom. The summed E-state index contributed by atoms with van der Waals surface area (Å²) in [6, 6.07) is 0.